The highest BCUT2D eigenvalue weighted by atomic mass is 16.5. The first-order valence-corrected chi connectivity index (χ1v) is 7.52. The van der Waals surface area contributed by atoms with E-state index in [4.69, 9.17) is 4.74 Å². The number of hydrogen-bond acceptors (Lipinski definition) is 3. The Morgan fingerprint density at radius 3 is 2.35 bits per heavy atom. The molecule has 1 N–H and O–H groups in total. The molecule has 0 aliphatic heterocycles. The molecule has 0 fully saturated rings. The van der Waals surface area contributed by atoms with Crippen LogP contribution in [0.5, 0.6) is 11.5 Å². The molecule has 0 amide bonds. The Bertz CT molecular complexity index is 786. The number of hydrogen-bond donors (Lipinski definition) is 1. The summed E-state index contributed by atoms with van der Waals surface area (Å²) in [5.41, 5.74) is 4.96. The Labute approximate surface area is 137 Å². The number of methoxy groups -OCH3 is 1. The lowest BCUT2D eigenvalue weighted by atomic mass is 9.99. The molecule has 2 rings (SSSR count). The summed E-state index contributed by atoms with van der Waals surface area (Å²) in [5.74, 6) is 0.122. The Morgan fingerprint density at radius 1 is 1.04 bits per heavy atom. The van der Waals surface area contributed by atoms with Crippen molar-refractivity contribution in [3.05, 3.63) is 63.7 Å². The van der Waals surface area contributed by atoms with Crippen LogP contribution in [-0.2, 0) is 0 Å². The van der Waals surface area contributed by atoms with E-state index in [1.165, 1.54) is 18.7 Å². The van der Waals surface area contributed by atoms with Gasteiger partial charge in [0.15, 0.2) is 5.78 Å². The number of ether oxygens (including phenoxy) is 1. The monoisotopic (exact) mass is 310 g/mol. The maximum Gasteiger partial charge on any atom is 0.193 e. The molecular formula is C20H22O3. The van der Waals surface area contributed by atoms with Gasteiger partial charge in [-0.05, 0) is 62.1 Å². The molecule has 0 heterocycles. The van der Waals surface area contributed by atoms with Crippen LogP contribution in [-0.4, -0.2) is 18.0 Å². The van der Waals surface area contributed by atoms with E-state index in [0.29, 0.717) is 11.3 Å². The van der Waals surface area contributed by atoms with Crippen molar-refractivity contribution in [1.82, 2.24) is 0 Å². The molecule has 23 heavy (non-hydrogen) atoms. The lowest BCUT2D eigenvalue weighted by Gasteiger charge is -2.13. The van der Waals surface area contributed by atoms with Crippen molar-refractivity contribution in [3.8, 4) is 11.5 Å². The fourth-order valence-electron chi connectivity index (χ4n) is 2.71. The van der Waals surface area contributed by atoms with Gasteiger partial charge in [-0.25, -0.2) is 0 Å². The second-order valence-corrected chi connectivity index (χ2v) is 5.82. The van der Waals surface area contributed by atoms with Crippen molar-refractivity contribution >= 4 is 11.9 Å². The number of allylic oxidation sites excluding steroid dienone is 1. The van der Waals surface area contributed by atoms with E-state index >= 15 is 0 Å². The summed E-state index contributed by atoms with van der Waals surface area (Å²) in [5, 5.41) is 10.3. The molecule has 0 bridgehead atoms. The average Bonchev–Trinajstić information content (AvgIpc) is 2.49. The normalized spacial score (nSPS) is 11.0. The van der Waals surface area contributed by atoms with Crippen molar-refractivity contribution in [2.24, 2.45) is 0 Å². The van der Waals surface area contributed by atoms with Crippen molar-refractivity contribution in [2.45, 2.75) is 27.7 Å². The number of aromatic hydroxyl groups is 1. The third-order valence-corrected chi connectivity index (χ3v) is 3.92. The molecule has 2 aromatic carbocycles. The van der Waals surface area contributed by atoms with Gasteiger partial charge >= 0.3 is 0 Å². The van der Waals surface area contributed by atoms with Crippen LogP contribution in [0.25, 0.3) is 6.08 Å². The number of carbonyl (C=O) groups is 1. The molecule has 0 spiro atoms. The van der Waals surface area contributed by atoms with Crippen LogP contribution >= 0.6 is 0 Å². The Balaban J connectivity index is 2.43. The second kappa shape index (κ2) is 6.69. The minimum Gasteiger partial charge on any atom is -0.507 e. The zero-order chi connectivity index (χ0) is 17.1. The molecule has 0 radical (unpaired) electrons. The van der Waals surface area contributed by atoms with Gasteiger partial charge in [-0.1, -0.05) is 29.8 Å². The van der Waals surface area contributed by atoms with Crippen LogP contribution in [0.3, 0.4) is 0 Å². The second-order valence-electron chi connectivity index (χ2n) is 5.82. The largest absolute Gasteiger partial charge is 0.507 e. The maximum atomic E-state index is 12.6. The third kappa shape index (κ3) is 3.45. The SMILES string of the molecule is COc1c(C)cc(C)c(O)c1C(=O)/C=C/c1ccc(C)cc1C. The molecule has 3 nitrogen and oxygen atoms in total. The van der Waals surface area contributed by atoms with E-state index in [2.05, 4.69) is 6.07 Å². The summed E-state index contributed by atoms with van der Waals surface area (Å²) in [4.78, 5) is 12.6. The third-order valence-electron chi connectivity index (χ3n) is 3.92. The van der Waals surface area contributed by atoms with Crippen LogP contribution in [0.4, 0.5) is 0 Å². The van der Waals surface area contributed by atoms with E-state index in [1.807, 2.05) is 32.9 Å². The van der Waals surface area contributed by atoms with Crippen molar-refractivity contribution in [2.75, 3.05) is 7.11 Å². The molecule has 0 unspecified atom stereocenters. The zero-order valence-corrected chi connectivity index (χ0v) is 14.2. The topological polar surface area (TPSA) is 46.5 Å². The molecule has 0 aliphatic carbocycles. The van der Waals surface area contributed by atoms with Crippen LogP contribution < -0.4 is 4.74 Å². The molecule has 0 saturated heterocycles. The number of phenolic OH excluding ortho intramolecular Hbond substituents is 1. The van der Waals surface area contributed by atoms with Crippen LogP contribution in [0, 0.1) is 27.7 Å². The predicted octanol–water partition coefficient (Wildman–Crippen LogP) is 4.53. The van der Waals surface area contributed by atoms with Gasteiger partial charge in [0.25, 0.3) is 0 Å². The van der Waals surface area contributed by atoms with Gasteiger partial charge in [0.1, 0.15) is 17.1 Å². The number of benzene rings is 2. The first kappa shape index (κ1) is 16.8. The van der Waals surface area contributed by atoms with Gasteiger partial charge in [0.2, 0.25) is 0 Å². The number of phenols is 1. The Morgan fingerprint density at radius 2 is 1.74 bits per heavy atom. The van der Waals surface area contributed by atoms with Gasteiger partial charge in [0.05, 0.1) is 7.11 Å². The Hall–Kier alpha value is -2.55. The fraction of sp³-hybridized carbons (Fsp3) is 0.250. The standard InChI is InChI=1S/C20H22O3/c1-12-6-7-16(13(2)10-12)8-9-17(21)18-19(22)14(3)11-15(4)20(18)23-5/h6-11,22H,1-5H3/b9-8+. The van der Waals surface area contributed by atoms with Gasteiger partial charge in [-0.3, -0.25) is 4.79 Å². The highest BCUT2D eigenvalue weighted by Crippen LogP contribution is 2.35. The van der Waals surface area contributed by atoms with Gasteiger partial charge in [-0.15, -0.1) is 0 Å². The van der Waals surface area contributed by atoms with Gasteiger partial charge in [-0.2, -0.15) is 0 Å². The molecule has 0 aromatic heterocycles. The van der Waals surface area contributed by atoms with Crippen molar-refractivity contribution < 1.29 is 14.6 Å². The predicted molar refractivity (Wildman–Crippen MR) is 93.4 cm³/mol. The zero-order valence-electron chi connectivity index (χ0n) is 14.2. The number of carbonyl (C=O) groups excluding carboxylic acids is 1. The van der Waals surface area contributed by atoms with Gasteiger partial charge in [0, 0.05) is 0 Å². The minimum absolute atomic E-state index is 0.0253. The van der Waals surface area contributed by atoms with Crippen LogP contribution in [0.2, 0.25) is 0 Å². The molecule has 2 aromatic rings. The average molecular weight is 310 g/mol. The highest BCUT2D eigenvalue weighted by Gasteiger charge is 2.19. The van der Waals surface area contributed by atoms with Crippen molar-refractivity contribution in [3.63, 3.8) is 0 Å². The van der Waals surface area contributed by atoms with E-state index in [-0.39, 0.29) is 17.1 Å². The number of rotatable bonds is 4. The van der Waals surface area contributed by atoms with E-state index < -0.39 is 0 Å². The lowest BCUT2D eigenvalue weighted by Crippen LogP contribution is -2.03. The maximum absolute atomic E-state index is 12.6. The van der Waals surface area contributed by atoms with Crippen LogP contribution in [0.15, 0.2) is 30.3 Å². The number of ketones is 1. The summed E-state index contributed by atoms with van der Waals surface area (Å²) in [6.45, 7) is 7.67. The lowest BCUT2D eigenvalue weighted by molar-refractivity contribution is 0.104. The first-order valence-electron chi connectivity index (χ1n) is 7.52. The number of aryl methyl sites for hydroxylation is 4. The summed E-state index contributed by atoms with van der Waals surface area (Å²) in [6, 6.07) is 7.86. The minimum atomic E-state index is -0.272. The molecule has 0 atom stereocenters. The summed E-state index contributed by atoms with van der Waals surface area (Å²) in [7, 11) is 1.50. The van der Waals surface area contributed by atoms with Gasteiger partial charge < -0.3 is 9.84 Å². The smallest absolute Gasteiger partial charge is 0.193 e. The van der Waals surface area contributed by atoms with Crippen molar-refractivity contribution in [1.29, 1.82) is 0 Å². The first-order chi connectivity index (χ1) is 10.8. The molecule has 120 valence electrons. The molecule has 0 aliphatic rings. The highest BCUT2D eigenvalue weighted by molar-refractivity contribution is 6.11. The fourth-order valence-corrected chi connectivity index (χ4v) is 2.71. The van der Waals surface area contributed by atoms with Crippen LogP contribution in [0.1, 0.15) is 38.2 Å². The Kier molecular flexibility index (Phi) is 4.89. The molecule has 0 saturated carbocycles. The molecule has 3 heteroatoms. The summed E-state index contributed by atoms with van der Waals surface area (Å²) >= 11 is 0. The van der Waals surface area contributed by atoms with E-state index in [0.717, 1.165) is 16.7 Å². The van der Waals surface area contributed by atoms with E-state index in [1.54, 1.807) is 19.1 Å². The van der Waals surface area contributed by atoms with E-state index in [9.17, 15) is 9.90 Å². The quantitative estimate of drug-likeness (QED) is 0.666. The summed E-state index contributed by atoms with van der Waals surface area (Å²) in [6.07, 6.45) is 3.25. The molecular weight excluding hydrogens is 288 g/mol. The summed E-state index contributed by atoms with van der Waals surface area (Å²) < 4.78 is 5.31.